The van der Waals surface area contributed by atoms with Gasteiger partial charge in [0, 0.05) is 17.7 Å². The largest absolute Gasteiger partial charge is 0.480 e. The maximum atomic E-state index is 14.9. The standard InChI is InChI=1S/C21H28FN5O3S/c1-20(2)19(23)27-21(3,12-31(20,29)24-4)14-8-13(6-7-15(14)22)9-17(28)16-10-26-18(30-5)11-25-16/h6-8,10-11,24,29H,9,12H2,1-5H3,(H2,23,27)/t21-/m0/s1. The predicted octanol–water partition coefficient (Wildman–Crippen LogP) is 2.83. The van der Waals surface area contributed by atoms with Crippen LogP contribution in [-0.2, 0) is 12.0 Å². The van der Waals surface area contributed by atoms with Crippen molar-refractivity contribution < 1.29 is 18.5 Å². The number of ketones is 1. The molecule has 10 heteroatoms. The molecule has 0 saturated heterocycles. The van der Waals surface area contributed by atoms with Gasteiger partial charge >= 0.3 is 0 Å². The predicted molar refractivity (Wildman–Crippen MR) is 120 cm³/mol. The molecule has 3 rings (SSSR count). The Morgan fingerprint density at radius 2 is 2.03 bits per heavy atom. The van der Waals surface area contributed by atoms with Gasteiger partial charge in [0.2, 0.25) is 5.88 Å². The van der Waals surface area contributed by atoms with Crippen LogP contribution in [0.1, 0.15) is 42.4 Å². The highest BCUT2D eigenvalue weighted by Gasteiger charge is 2.51. The van der Waals surface area contributed by atoms with Gasteiger partial charge in [0.1, 0.15) is 17.3 Å². The number of methoxy groups -OCH3 is 1. The molecule has 0 amide bonds. The fraction of sp³-hybridized carbons (Fsp3) is 0.429. The lowest BCUT2D eigenvalue weighted by Crippen LogP contribution is -2.55. The number of ether oxygens (including phenoxy) is 1. The molecule has 4 N–H and O–H groups in total. The molecule has 2 aromatic rings. The first-order chi connectivity index (χ1) is 14.5. The van der Waals surface area contributed by atoms with Gasteiger partial charge in [-0.05, 0) is 45.5 Å². The first-order valence-electron chi connectivity index (χ1n) is 9.71. The average Bonchev–Trinajstić information content (AvgIpc) is 2.73. The zero-order valence-corrected chi connectivity index (χ0v) is 19.1. The van der Waals surface area contributed by atoms with Crippen LogP contribution in [0.4, 0.5) is 4.39 Å². The van der Waals surface area contributed by atoms with E-state index in [1.165, 1.54) is 25.6 Å². The molecule has 0 radical (unpaired) electrons. The van der Waals surface area contributed by atoms with Crippen molar-refractivity contribution in [3.05, 3.63) is 53.2 Å². The zero-order chi connectivity index (χ0) is 23.0. The maximum Gasteiger partial charge on any atom is 0.232 e. The smallest absolute Gasteiger partial charge is 0.232 e. The van der Waals surface area contributed by atoms with E-state index in [1.54, 1.807) is 26.1 Å². The molecule has 1 aliphatic rings. The maximum absolute atomic E-state index is 14.9. The molecule has 2 atom stereocenters. The minimum absolute atomic E-state index is 0.0121. The third-order valence-electron chi connectivity index (χ3n) is 5.75. The molecule has 0 aliphatic carbocycles. The monoisotopic (exact) mass is 449 g/mol. The second kappa shape index (κ2) is 8.18. The van der Waals surface area contributed by atoms with Gasteiger partial charge in [0.15, 0.2) is 5.78 Å². The molecule has 31 heavy (non-hydrogen) atoms. The quantitative estimate of drug-likeness (QED) is 0.580. The van der Waals surface area contributed by atoms with E-state index < -0.39 is 26.6 Å². The molecule has 0 spiro atoms. The van der Waals surface area contributed by atoms with Gasteiger partial charge in [-0.25, -0.2) is 14.4 Å². The number of nitrogens with zero attached hydrogens (tertiary/aromatic N) is 3. The summed E-state index contributed by atoms with van der Waals surface area (Å²) in [6.07, 6.45) is 2.72. The topological polar surface area (TPSA) is 123 Å². The lowest BCUT2D eigenvalue weighted by molar-refractivity contribution is 0.0987. The Balaban J connectivity index is 1.95. The number of hydrogen-bond acceptors (Lipinski definition) is 8. The molecular formula is C21H28FN5O3S. The Kier molecular flexibility index (Phi) is 6.09. The van der Waals surface area contributed by atoms with Crippen molar-refractivity contribution in [2.75, 3.05) is 19.9 Å². The molecule has 168 valence electrons. The second-order valence-corrected chi connectivity index (χ2v) is 11.3. The molecule has 0 bridgehead atoms. The van der Waals surface area contributed by atoms with Crippen LogP contribution in [0.2, 0.25) is 0 Å². The van der Waals surface area contributed by atoms with Gasteiger partial charge in [-0.1, -0.05) is 16.6 Å². The highest BCUT2D eigenvalue weighted by atomic mass is 32.3. The number of carbonyl (C=O) groups is 1. The van der Waals surface area contributed by atoms with Crippen LogP contribution in [0.3, 0.4) is 0 Å². The molecule has 1 aromatic heterocycles. The molecule has 1 aliphatic heterocycles. The molecule has 0 saturated carbocycles. The highest BCUT2D eigenvalue weighted by molar-refractivity contribution is 8.29. The third-order valence-corrected chi connectivity index (χ3v) is 9.31. The first kappa shape index (κ1) is 23.1. The van der Waals surface area contributed by atoms with E-state index in [9.17, 15) is 13.7 Å². The first-order valence-corrected chi connectivity index (χ1v) is 11.5. The summed E-state index contributed by atoms with van der Waals surface area (Å²) in [5, 5.41) is 0. The van der Waals surface area contributed by atoms with E-state index in [0.717, 1.165) is 0 Å². The molecule has 8 nitrogen and oxygen atoms in total. The van der Waals surface area contributed by atoms with E-state index in [2.05, 4.69) is 19.7 Å². The number of halogens is 1. The third kappa shape index (κ3) is 4.15. The van der Waals surface area contributed by atoms with Crippen LogP contribution in [0.25, 0.3) is 0 Å². The Hall–Kier alpha value is -2.56. The number of nitrogens with one attached hydrogen (secondary N) is 1. The molecule has 2 heterocycles. The van der Waals surface area contributed by atoms with Gasteiger partial charge < -0.3 is 15.0 Å². The number of rotatable bonds is 6. The zero-order valence-electron chi connectivity index (χ0n) is 18.3. The molecular weight excluding hydrogens is 421 g/mol. The van der Waals surface area contributed by atoms with Crippen LogP contribution in [0, 0.1) is 5.82 Å². The SMILES string of the molecule is CNS1(O)C[C@@](C)(c2cc(CC(=O)c3cnc(OC)cn3)ccc2F)N=C(N)C1(C)C. The van der Waals surface area contributed by atoms with Gasteiger partial charge in [0.25, 0.3) is 0 Å². The summed E-state index contributed by atoms with van der Waals surface area (Å²) in [5.74, 6) is 0.00827. The molecule has 0 fully saturated rings. The van der Waals surface area contributed by atoms with Crippen molar-refractivity contribution in [1.29, 1.82) is 0 Å². The van der Waals surface area contributed by atoms with Gasteiger partial charge in [0.05, 0.1) is 29.8 Å². The lowest BCUT2D eigenvalue weighted by Gasteiger charge is -2.53. The van der Waals surface area contributed by atoms with Gasteiger partial charge in [-0.2, -0.15) is 0 Å². The van der Waals surface area contributed by atoms with Crippen LogP contribution in [-0.4, -0.2) is 50.8 Å². The van der Waals surface area contributed by atoms with Crippen molar-refractivity contribution >= 4 is 22.1 Å². The van der Waals surface area contributed by atoms with Crippen LogP contribution >= 0.6 is 10.5 Å². The Labute approximate surface area is 182 Å². The fourth-order valence-electron chi connectivity index (χ4n) is 3.59. The highest BCUT2D eigenvalue weighted by Crippen LogP contribution is 2.59. The summed E-state index contributed by atoms with van der Waals surface area (Å²) in [5.41, 5.74) is 6.19. The summed E-state index contributed by atoms with van der Waals surface area (Å²) in [6, 6.07) is 4.46. The number of aliphatic imine (C=N–C) groups is 1. The van der Waals surface area contributed by atoms with Crippen molar-refractivity contribution in [3.8, 4) is 5.88 Å². The molecule has 1 unspecified atom stereocenters. The Bertz CT molecular complexity index is 1030. The average molecular weight is 450 g/mol. The number of nitrogens with two attached hydrogens (primary N) is 1. The number of aromatic nitrogens is 2. The summed E-state index contributed by atoms with van der Waals surface area (Å²) >= 11 is 0. The summed E-state index contributed by atoms with van der Waals surface area (Å²) in [7, 11) is 0.694. The van der Waals surface area contributed by atoms with E-state index in [0.29, 0.717) is 11.4 Å². The fourth-order valence-corrected chi connectivity index (χ4v) is 6.04. The Morgan fingerprint density at radius 3 is 2.61 bits per heavy atom. The van der Waals surface area contributed by atoms with Crippen molar-refractivity contribution in [2.24, 2.45) is 10.7 Å². The minimum atomic E-state index is -2.43. The van der Waals surface area contributed by atoms with Crippen molar-refractivity contribution in [1.82, 2.24) is 14.7 Å². The summed E-state index contributed by atoms with van der Waals surface area (Å²) in [6.45, 7) is 5.38. The number of benzene rings is 1. The van der Waals surface area contributed by atoms with Crippen LogP contribution in [0.15, 0.2) is 35.6 Å². The van der Waals surface area contributed by atoms with E-state index in [-0.39, 0.29) is 35.0 Å². The second-order valence-electron chi connectivity index (χ2n) is 8.19. The lowest BCUT2D eigenvalue weighted by atomic mass is 9.90. The van der Waals surface area contributed by atoms with Crippen molar-refractivity contribution in [3.63, 3.8) is 0 Å². The van der Waals surface area contributed by atoms with E-state index in [1.807, 2.05) is 13.8 Å². The number of carbonyl (C=O) groups excluding carboxylic acids is 1. The number of hydrogen-bond donors (Lipinski definition) is 3. The number of Topliss-reactive ketones (excluding diaryl/α,β-unsaturated/α-hetero) is 1. The van der Waals surface area contributed by atoms with Gasteiger partial charge in [-0.15, -0.1) is 0 Å². The van der Waals surface area contributed by atoms with E-state index in [4.69, 9.17) is 10.5 Å². The van der Waals surface area contributed by atoms with Crippen molar-refractivity contribution in [2.45, 2.75) is 37.5 Å². The molecule has 1 aromatic carbocycles. The van der Waals surface area contributed by atoms with Crippen LogP contribution < -0.4 is 15.2 Å². The Morgan fingerprint density at radius 1 is 1.32 bits per heavy atom. The summed E-state index contributed by atoms with van der Waals surface area (Å²) in [4.78, 5) is 25.3. The minimum Gasteiger partial charge on any atom is -0.480 e. The van der Waals surface area contributed by atoms with Gasteiger partial charge in [-0.3, -0.25) is 14.5 Å². The number of amidine groups is 1. The van der Waals surface area contributed by atoms with E-state index >= 15 is 0 Å². The van der Waals surface area contributed by atoms with Crippen LogP contribution in [0.5, 0.6) is 5.88 Å². The normalized spacial score (nSPS) is 27.1. The summed E-state index contributed by atoms with van der Waals surface area (Å²) < 4.78 is 33.4.